The molecule has 2 aromatic heterocycles. The fraction of sp³-hybridized carbons (Fsp3) is 0. The highest BCUT2D eigenvalue weighted by molar-refractivity contribution is 7.26. The van der Waals surface area contributed by atoms with E-state index in [2.05, 4.69) is 235 Å². The number of hydrogen-bond donors (Lipinski definition) is 0. The molecule has 0 N–H and O–H groups in total. The number of fused-ring (bicyclic) bond motifs is 14. The van der Waals surface area contributed by atoms with E-state index in [1.165, 1.54) is 85.2 Å². The summed E-state index contributed by atoms with van der Waals surface area (Å²) < 4.78 is 8.35. The van der Waals surface area contributed by atoms with Gasteiger partial charge in [-0.25, -0.2) is 0 Å². The molecular formula is C64H41NOS. The van der Waals surface area contributed by atoms with Crippen LogP contribution in [-0.4, -0.2) is 0 Å². The van der Waals surface area contributed by atoms with Crippen molar-refractivity contribution >= 4 is 102 Å². The number of furan rings is 1. The van der Waals surface area contributed by atoms with E-state index in [4.69, 9.17) is 4.42 Å². The van der Waals surface area contributed by atoms with Crippen molar-refractivity contribution in [2.24, 2.45) is 0 Å². The fourth-order valence-corrected chi connectivity index (χ4v) is 11.4. The zero-order chi connectivity index (χ0) is 44.3. The standard InChI is InChI=1S/C64H41NOS/c1-2-14-42(15-3-1)43-27-31-47(32-28-43)65(48-33-29-44(30-34-48)45-16-12-17-46(40-45)60-25-13-39-66-60)49-35-36-55-53-21-7-5-19-51(53)50-18-4-6-20-52(50)54-22-8-9-23-56(54)63-57(59(55)41-49)37-38-62-64(63)58-24-10-11-26-61(58)67-62/h1-41H. The molecular weight excluding hydrogens is 831 g/mol. The number of benzene rings is 10. The average Bonchev–Trinajstić information content (AvgIpc) is 4.09. The highest BCUT2D eigenvalue weighted by atomic mass is 32.1. The van der Waals surface area contributed by atoms with E-state index in [1.807, 2.05) is 23.5 Å². The van der Waals surface area contributed by atoms with E-state index in [0.717, 1.165) is 39.5 Å². The lowest BCUT2D eigenvalue weighted by atomic mass is 9.92. The molecule has 11 aromatic carbocycles. The Kier molecular flexibility index (Phi) is 9.40. The summed E-state index contributed by atoms with van der Waals surface area (Å²) in [5, 5.41) is 14.8. The molecule has 0 radical (unpaired) electrons. The molecule has 0 aliphatic carbocycles. The number of hydrogen-bond acceptors (Lipinski definition) is 3. The van der Waals surface area contributed by atoms with E-state index < -0.39 is 0 Å². The van der Waals surface area contributed by atoms with Crippen LogP contribution in [-0.2, 0) is 0 Å². The van der Waals surface area contributed by atoms with Gasteiger partial charge in [-0.1, -0.05) is 176 Å². The van der Waals surface area contributed by atoms with Crippen LogP contribution in [0.4, 0.5) is 17.1 Å². The highest BCUT2D eigenvalue weighted by Crippen LogP contribution is 2.46. The Morgan fingerprint density at radius 3 is 1.39 bits per heavy atom. The van der Waals surface area contributed by atoms with Crippen LogP contribution in [0.1, 0.15) is 0 Å². The van der Waals surface area contributed by atoms with E-state index in [-0.39, 0.29) is 0 Å². The van der Waals surface area contributed by atoms with Gasteiger partial charge in [-0.05, 0) is 143 Å². The van der Waals surface area contributed by atoms with Gasteiger partial charge in [0.2, 0.25) is 0 Å². The van der Waals surface area contributed by atoms with Gasteiger partial charge < -0.3 is 9.32 Å². The molecule has 0 unspecified atom stereocenters. The minimum absolute atomic E-state index is 0.860. The van der Waals surface area contributed by atoms with Gasteiger partial charge in [0.1, 0.15) is 5.76 Å². The minimum Gasteiger partial charge on any atom is -0.464 e. The minimum atomic E-state index is 0.860. The molecule has 13 rings (SSSR count). The first kappa shape index (κ1) is 38.9. The highest BCUT2D eigenvalue weighted by Gasteiger charge is 2.18. The third-order valence-corrected chi connectivity index (χ3v) is 14.5. The molecule has 2 nitrogen and oxygen atoms in total. The summed E-state index contributed by atoms with van der Waals surface area (Å²) in [6.45, 7) is 0. The molecule has 0 aliphatic rings. The molecule has 2 heterocycles. The fourth-order valence-electron chi connectivity index (χ4n) is 10.3. The molecule has 3 heteroatoms. The third kappa shape index (κ3) is 6.71. The van der Waals surface area contributed by atoms with Gasteiger partial charge in [-0.2, -0.15) is 0 Å². The summed E-state index contributed by atoms with van der Waals surface area (Å²) in [7, 11) is 0. The van der Waals surface area contributed by atoms with Crippen molar-refractivity contribution in [1.82, 2.24) is 0 Å². The van der Waals surface area contributed by atoms with Crippen molar-refractivity contribution < 1.29 is 4.42 Å². The Hall–Kier alpha value is -8.50. The van der Waals surface area contributed by atoms with Gasteiger partial charge >= 0.3 is 0 Å². The topological polar surface area (TPSA) is 16.4 Å². The molecule has 0 fully saturated rings. The second kappa shape index (κ2) is 16.2. The Bertz CT molecular complexity index is 4080. The van der Waals surface area contributed by atoms with Crippen LogP contribution in [0.5, 0.6) is 0 Å². The van der Waals surface area contributed by atoms with Crippen molar-refractivity contribution in [2.45, 2.75) is 0 Å². The lowest BCUT2D eigenvalue weighted by Crippen LogP contribution is -2.09. The van der Waals surface area contributed by atoms with Gasteiger partial charge in [0.25, 0.3) is 0 Å². The number of rotatable bonds is 6. The molecule has 67 heavy (non-hydrogen) atoms. The van der Waals surface area contributed by atoms with Crippen LogP contribution in [0, 0.1) is 0 Å². The van der Waals surface area contributed by atoms with Gasteiger partial charge in [-0.3, -0.25) is 0 Å². The van der Waals surface area contributed by atoms with Crippen molar-refractivity contribution in [2.75, 3.05) is 4.90 Å². The maximum Gasteiger partial charge on any atom is 0.133 e. The predicted molar refractivity (Wildman–Crippen MR) is 288 cm³/mol. The van der Waals surface area contributed by atoms with Crippen molar-refractivity contribution in [3.05, 3.63) is 249 Å². The summed E-state index contributed by atoms with van der Waals surface area (Å²) in [6, 6.07) is 88.8. The Morgan fingerprint density at radius 2 is 0.746 bits per heavy atom. The van der Waals surface area contributed by atoms with Crippen LogP contribution < -0.4 is 4.90 Å². The van der Waals surface area contributed by atoms with Crippen LogP contribution >= 0.6 is 11.3 Å². The van der Waals surface area contributed by atoms with E-state index in [0.29, 0.717) is 0 Å². The first-order valence-corrected chi connectivity index (χ1v) is 23.6. The quantitative estimate of drug-likeness (QED) is 0.166. The number of nitrogens with zero attached hydrogens (tertiary/aromatic N) is 1. The average molecular weight is 872 g/mol. The summed E-state index contributed by atoms with van der Waals surface area (Å²) >= 11 is 1.87. The first-order chi connectivity index (χ1) is 33.2. The molecule has 0 amide bonds. The smallest absolute Gasteiger partial charge is 0.133 e. The summed E-state index contributed by atoms with van der Waals surface area (Å²) in [6.07, 6.45) is 1.73. The van der Waals surface area contributed by atoms with E-state index >= 15 is 0 Å². The Balaban J connectivity index is 1.12. The summed E-state index contributed by atoms with van der Waals surface area (Å²) in [5.41, 5.74) is 8.92. The van der Waals surface area contributed by atoms with Gasteiger partial charge in [-0.15, -0.1) is 11.3 Å². The van der Waals surface area contributed by atoms with Gasteiger partial charge in [0.05, 0.1) is 6.26 Å². The van der Waals surface area contributed by atoms with Crippen LogP contribution in [0.3, 0.4) is 0 Å². The molecule has 0 saturated heterocycles. The predicted octanol–water partition coefficient (Wildman–Crippen LogP) is 19.0. The monoisotopic (exact) mass is 871 g/mol. The third-order valence-electron chi connectivity index (χ3n) is 13.4. The first-order valence-electron chi connectivity index (χ1n) is 22.8. The second-order valence-electron chi connectivity index (χ2n) is 17.2. The molecule has 0 spiro atoms. The van der Waals surface area contributed by atoms with Crippen LogP contribution in [0.2, 0.25) is 0 Å². The maximum atomic E-state index is 5.77. The van der Waals surface area contributed by atoms with Gasteiger partial charge in [0.15, 0.2) is 0 Å². The van der Waals surface area contributed by atoms with Crippen molar-refractivity contribution in [3.63, 3.8) is 0 Å². The van der Waals surface area contributed by atoms with Crippen molar-refractivity contribution in [1.29, 1.82) is 0 Å². The van der Waals surface area contributed by atoms with Gasteiger partial charge in [0, 0.05) is 42.8 Å². The molecule has 0 bridgehead atoms. The number of thiophene rings is 1. The second-order valence-corrected chi connectivity index (χ2v) is 18.3. The molecule has 13 aromatic rings. The van der Waals surface area contributed by atoms with Crippen molar-refractivity contribution in [3.8, 4) is 33.6 Å². The maximum absolute atomic E-state index is 5.77. The molecule has 0 saturated carbocycles. The lowest BCUT2D eigenvalue weighted by molar-refractivity contribution is 0.582. The summed E-state index contributed by atoms with van der Waals surface area (Å²) in [4.78, 5) is 2.41. The number of anilines is 3. The largest absolute Gasteiger partial charge is 0.464 e. The van der Waals surface area contributed by atoms with E-state index in [9.17, 15) is 0 Å². The molecule has 0 atom stereocenters. The van der Waals surface area contributed by atoms with Crippen LogP contribution in [0.25, 0.3) is 108 Å². The van der Waals surface area contributed by atoms with Crippen LogP contribution in [0.15, 0.2) is 253 Å². The Morgan fingerprint density at radius 1 is 0.269 bits per heavy atom. The SMILES string of the molecule is c1ccc(-c2ccc(N(c3ccc(-c4cccc(-c5ccco5)c4)cc3)c3ccc4c5ccccc5c5ccccc5c5ccccc5c5c(ccc6sc7ccccc7c65)c4c3)cc2)cc1. The normalized spacial score (nSPS) is 11.6. The zero-order valence-electron chi connectivity index (χ0n) is 36.4. The molecule has 314 valence electrons. The zero-order valence-corrected chi connectivity index (χ0v) is 37.3. The Labute approximate surface area is 392 Å². The van der Waals surface area contributed by atoms with E-state index in [1.54, 1.807) is 6.26 Å². The molecule has 0 aliphatic heterocycles. The summed E-state index contributed by atoms with van der Waals surface area (Å²) in [5.74, 6) is 0.860. The lowest BCUT2D eigenvalue weighted by Gasteiger charge is -2.26.